The third-order valence-corrected chi connectivity index (χ3v) is 4.26. The summed E-state index contributed by atoms with van der Waals surface area (Å²) in [6.45, 7) is 0.947. The van der Waals surface area contributed by atoms with Gasteiger partial charge in [-0.2, -0.15) is 0 Å². The third-order valence-electron chi connectivity index (χ3n) is 3.73. The van der Waals surface area contributed by atoms with Gasteiger partial charge in [0.05, 0.1) is 6.10 Å². The van der Waals surface area contributed by atoms with Crippen molar-refractivity contribution in [1.82, 2.24) is 5.43 Å². The van der Waals surface area contributed by atoms with Gasteiger partial charge in [0.2, 0.25) is 0 Å². The highest BCUT2D eigenvalue weighted by atomic mass is 79.9. The molecule has 0 saturated carbocycles. The smallest absolute Gasteiger partial charge is 0.0576 e. The standard InChI is InChI=1S/C15H23BrN2O/c16-13-8-6-12(7-9-13)11-14(18-17)3-1-4-15-5-2-10-19-15/h6-9,14-15,18H,1-5,10-11,17H2. The van der Waals surface area contributed by atoms with Crippen LogP contribution in [0.25, 0.3) is 0 Å². The Bertz CT molecular complexity index is 363. The highest BCUT2D eigenvalue weighted by Gasteiger charge is 2.16. The highest BCUT2D eigenvalue weighted by molar-refractivity contribution is 9.10. The summed E-state index contributed by atoms with van der Waals surface area (Å²) in [4.78, 5) is 0. The van der Waals surface area contributed by atoms with Crippen molar-refractivity contribution in [2.75, 3.05) is 6.61 Å². The second-order valence-electron chi connectivity index (χ2n) is 5.26. The van der Waals surface area contributed by atoms with E-state index in [4.69, 9.17) is 10.6 Å². The minimum absolute atomic E-state index is 0.350. The second-order valence-corrected chi connectivity index (χ2v) is 6.18. The zero-order valence-electron chi connectivity index (χ0n) is 11.3. The maximum absolute atomic E-state index is 5.65. The minimum Gasteiger partial charge on any atom is -0.378 e. The van der Waals surface area contributed by atoms with E-state index < -0.39 is 0 Å². The molecular formula is C15H23BrN2O. The first-order chi connectivity index (χ1) is 9.28. The van der Waals surface area contributed by atoms with Crippen molar-refractivity contribution in [1.29, 1.82) is 0 Å². The Balaban J connectivity index is 1.71. The van der Waals surface area contributed by atoms with Crippen LogP contribution in [0.2, 0.25) is 0 Å². The number of nitrogens with one attached hydrogen (secondary N) is 1. The summed E-state index contributed by atoms with van der Waals surface area (Å²) in [7, 11) is 0. The molecule has 1 aromatic carbocycles. The zero-order chi connectivity index (χ0) is 13.5. The Labute approximate surface area is 124 Å². The van der Waals surface area contributed by atoms with Crippen molar-refractivity contribution in [3.8, 4) is 0 Å². The van der Waals surface area contributed by atoms with Gasteiger partial charge < -0.3 is 4.74 Å². The predicted molar refractivity (Wildman–Crippen MR) is 81.8 cm³/mol. The molecule has 4 heteroatoms. The van der Waals surface area contributed by atoms with Crippen LogP contribution in [0.1, 0.15) is 37.7 Å². The maximum atomic E-state index is 5.65. The van der Waals surface area contributed by atoms with Crippen molar-refractivity contribution >= 4 is 15.9 Å². The summed E-state index contributed by atoms with van der Waals surface area (Å²) >= 11 is 3.45. The van der Waals surface area contributed by atoms with E-state index in [0.29, 0.717) is 12.1 Å². The molecule has 0 radical (unpaired) electrons. The van der Waals surface area contributed by atoms with E-state index in [1.54, 1.807) is 0 Å². The van der Waals surface area contributed by atoms with E-state index >= 15 is 0 Å². The molecule has 19 heavy (non-hydrogen) atoms. The van der Waals surface area contributed by atoms with Crippen LogP contribution in [0.5, 0.6) is 0 Å². The van der Waals surface area contributed by atoms with E-state index in [1.807, 2.05) is 0 Å². The number of halogens is 1. The molecule has 0 aliphatic carbocycles. The average Bonchev–Trinajstić information content (AvgIpc) is 2.93. The first-order valence-electron chi connectivity index (χ1n) is 7.10. The van der Waals surface area contributed by atoms with Crippen molar-refractivity contribution in [3.05, 3.63) is 34.3 Å². The Kier molecular flexibility index (Phi) is 6.31. The Morgan fingerprint density at radius 1 is 1.37 bits per heavy atom. The summed E-state index contributed by atoms with van der Waals surface area (Å²) in [5, 5.41) is 0. The summed E-state index contributed by atoms with van der Waals surface area (Å²) in [6, 6.07) is 8.80. The van der Waals surface area contributed by atoms with Gasteiger partial charge in [-0.25, -0.2) is 0 Å². The molecule has 1 heterocycles. The molecule has 3 nitrogen and oxygen atoms in total. The average molecular weight is 327 g/mol. The second kappa shape index (κ2) is 8.00. The van der Waals surface area contributed by atoms with Crippen LogP contribution in [0.3, 0.4) is 0 Å². The van der Waals surface area contributed by atoms with Gasteiger partial charge in [0.25, 0.3) is 0 Å². The van der Waals surface area contributed by atoms with Gasteiger partial charge in [0.15, 0.2) is 0 Å². The molecule has 3 N–H and O–H groups in total. The Morgan fingerprint density at radius 2 is 2.16 bits per heavy atom. The van der Waals surface area contributed by atoms with Gasteiger partial charge in [-0.15, -0.1) is 0 Å². The van der Waals surface area contributed by atoms with Crippen molar-refractivity contribution < 1.29 is 4.74 Å². The van der Waals surface area contributed by atoms with Crippen molar-refractivity contribution in [3.63, 3.8) is 0 Å². The van der Waals surface area contributed by atoms with E-state index in [9.17, 15) is 0 Å². The van der Waals surface area contributed by atoms with Gasteiger partial charge in [0, 0.05) is 17.1 Å². The summed E-state index contributed by atoms with van der Waals surface area (Å²) < 4.78 is 6.76. The molecule has 2 rings (SSSR count). The molecular weight excluding hydrogens is 304 g/mol. The van der Waals surface area contributed by atoms with Gasteiger partial charge >= 0.3 is 0 Å². The first kappa shape index (κ1) is 15.0. The lowest BCUT2D eigenvalue weighted by Gasteiger charge is -2.17. The summed E-state index contributed by atoms with van der Waals surface area (Å²) in [5.41, 5.74) is 4.26. The number of rotatable bonds is 7. The van der Waals surface area contributed by atoms with Crippen LogP contribution < -0.4 is 11.3 Å². The Hall–Kier alpha value is -0.420. The molecule has 106 valence electrons. The lowest BCUT2D eigenvalue weighted by atomic mass is 10.00. The highest BCUT2D eigenvalue weighted by Crippen LogP contribution is 2.19. The molecule has 1 saturated heterocycles. The first-order valence-corrected chi connectivity index (χ1v) is 7.89. The van der Waals surface area contributed by atoms with Crippen LogP contribution in [0, 0.1) is 0 Å². The van der Waals surface area contributed by atoms with Crippen molar-refractivity contribution in [2.45, 2.75) is 50.7 Å². The summed E-state index contributed by atoms with van der Waals surface area (Å²) in [6.07, 6.45) is 7.37. The maximum Gasteiger partial charge on any atom is 0.0576 e. The van der Waals surface area contributed by atoms with E-state index in [0.717, 1.165) is 23.9 Å². The van der Waals surface area contributed by atoms with Crippen LogP contribution in [-0.2, 0) is 11.2 Å². The predicted octanol–water partition coefficient (Wildman–Crippen LogP) is 3.17. The molecule has 1 aromatic rings. The molecule has 2 unspecified atom stereocenters. The number of hydrogen-bond donors (Lipinski definition) is 2. The lowest BCUT2D eigenvalue weighted by molar-refractivity contribution is 0.101. The monoisotopic (exact) mass is 326 g/mol. The fourth-order valence-corrected chi connectivity index (χ4v) is 2.88. The molecule has 0 bridgehead atoms. The Morgan fingerprint density at radius 3 is 2.79 bits per heavy atom. The van der Waals surface area contributed by atoms with E-state index in [2.05, 4.69) is 45.6 Å². The third kappa shape index (κ3) is 5.22. The number of hydrogen-bond acceptors (Lipinski definition) is 3. The van der Waals surface area contributed by atoms with Crippen LogP contribution in [0.4, 0.5) is 0 Å². The van der Waals surface area contributed by atoms with Gasteiger partial charge in [-0.3, -0.25) is 11.3 Å². The van der Waals surface area contributed by atoms with Crippen LogP contribution in [0.15, 0.2) is 28.7 Å². The van der Waals surface area contributed by atoms with Gasteiger partial charge in [-0.1, -0.05) is 28.1 Å². The number of nitrogens with two attached hydrogens (primary N) is 1. The topological polar surface area (TPSA) is 47.3 Å². The fourth-order valence-electron chi connectivity index (χ4n) is 2.61. The molecule has 2 atom stereocenters. The van der Waals surface area contributed by atoms with Crippen LogP contribution in [-0.4, -0.2) is 18.8 Å². The fraction of sp³-hybridized carbons (Fsp3) is 0.600. The largest absolute Gasteiger partial charge is 0.378 e. The number of hydrazine groups is 1. The van der Waals surface area contributed by atoms with Crippen molar-refractivity contribution in [2.24, 2.45) is 5.84 Å². The lowest BCUT2D eigenvalue weighted by Crippen LogP contribution is -2.36. The van der Waals surface area contributed by atoms with Crippen LogP contribution >= 0.6 is 15.9 Å². The van der Waals surface area contributed by atoms with E-state index in [-0.39, 0.29) is 0 Å². The molecule has 0 aromatic heterocycles. The molecule has 0 spiro atoms. The zero-order valence-corrected chi connectivity index (χ0v) is 12.9. The molecule has 1 aliphatic heterocycles. The molecule has 1 aliphatic rings. The molecule has 0 amide bonds. The van der Waals surface area contributed by atoms with Gasteiger partial charge in [-0.05, 0) is 56.2 Å². The quantitative estimate of drug-likeness (QED) is 0.597. The molecule has 1 fully saturated rings. The minimum atomic E-state index is 0.350. The number of ether oxygens (including phenoxy) is 1. The number of benzene rings is 1. The SMILES string of the molecule is NNC(CCCC1CCCO1)Cc1ccc(Br)cc1. The summed E-state index contributed by atoms with van der Waals surface area (Å²) in [5.74, 6) is 5.65. The van der Waals surface area contributed by atoms with E-state index in [1.165, 1.54) is 31.2 Å². The van der Waals surface area contributed by atoms with Gasteiger partial charge in [0.1, 0.15) is 0 Å². The normalized spacial score (nSPS) is 20.6.